The Morgan fingerprint density at radius 1 is 1.00 bits per heavy atom. The first-order chi connectivity index (χ1) is 13.9. The third-order valence-corrected chi connectivity index (χ3v) is 4.25. The van der Waals surface area contributed by atoms with Gasteiger partial charge in [0.25, 0.3) is 5.88 Å². The summed E-state index contributed by atoms with van der Waals surface area (Å²) in [6.07, 6.45) is -0.00232. The summed E-state index contributed by atoms with van der Waals surface area (Å²) in [5.74, 6) is 0.438. The molecule has 0 unspecified atom stereocenters. The topological polar surface area (TPSA) is 70.3 Å². The summed E-state index contributed by atoms with van der Waals surface area (Å²) in [6, 6.07) is 11.9. The molecule has 148 valence electrons. The van der Waals surface area contributed by atoms with Crippen LogP contribution < -0.4 is 9.47 Å². The van der Waals surface area contributed by atoms with E-state index in [-0.39, 0.29) is 12.4 Å². The fourth-order valence-electron chi connectivity index (χ4n) is 2.84. The molecule has 0 aliphatic heterocycles. The van der Waals surface area contributed by atoms with Gasteiger partial charge in [0.2, 0.25) is 0 Å². The number of halogens is 2. The highest BCUT2D eigenvalue weighted by atomic mass is 19.3. The molecule has 0 saturated heterocycles. The average molecular weight is 397 g/mol. The van der Waals surface area contributed by atoms with Gasteiger partial charge in [0.15, 0.2) is 5.58 Å². The summed E-state index contributed by atoms with van der Waals surface area (Å²) in [5, 5.41) is 4.68. The van der Waals surface area contributed by atoms with E-state index in [4.69, 9.17) is 9.26 Å². The van der Waals surface area contributed by atoms with Crippen molar-refractivity contribution in [1.82, 2.24) is 15.1 Å². The van der Waals surface area contributed by atoms with Crippen LogP contribution in [0.1, 0.15) is 18.3 Å². The maximum absolute atomic E-state index is 13.0. The largest absolute Gasteiger partial charge is 0.468 e. The lowest BCUT2D eigenvalue weighted by Crippen LogP contribution is -2.18. The van der Waals surface area contributed by atoms with Crippen molar-refractivity contribution in [2.75, 3.05) is 0 Å². The van der Waals surface area contributed by atoms with E-state index in [1.54, 1.807) is 30.6 Å². The number of hydrogen-bond acceptors (Lipinski definition) is 6. The van der Waals surface area contributed by atoms with Gasteiger partial charge in [-0.15, -0.1) is 0 Å². The number of benzene rings is 2. The lowest BCUT2D eigenvalue weighted by molar-refractivity contribution is -0.158. The Hall–Kier alpha value is -3.55. The van der Waals surface area contributed by atoms with Crippen molar-refractivity contribution in [3.63, 3.8) is 0 Å². The number of alkyl halides is 2. The zero-order valence-electron chi connectivity index (χ0n) is 15.7. The fourth-order valence-corrected chi connectivity index (χ4v) is 2.84. The highest BCUT2D eigenvalue weighted by Crippen LogP contribution is 2.32. The molecule has 0 aliphatic rings. The summed E-state index contributed by atoms with van der Waals surface area (Å²) < 4.78 is 41.6. The fraction of sp³-hybridized carbons (Fsp3) is 0.190. The predicted molar refractivity (Wildman–Crippen MR) is 102 cm³/mol. The summed E-state index contributed by atoms with van der Waals surface area (Å²) in [6.45, 7) is 2.76. The lowest BCUT2D eigenvalue weighted by atomic mass is 10.0. The van der Waals surface area contributed by atoms with Crippen LogP contribution in [0.25, 0.3) is 22.1 Å². The van der Waals surface area contributed by atoms with Crippen LogP contribution in [0.4, 0.5) is 8.78 Å². The minimum Gasteiger partial charge on any atom is -0.468 e. The second-order valence-electron chi connectivity index (χ2n) is 6.51. The van der Waals surface area contributed by atoms with Crippen LogP contribution in [0.15, 0.2) is 59.4 Å². The molecule has 0 saturated carbocycles. The molecule has 2 aromatic carbocycles. The third kappa shape index (κ3) is 4.31. The summed E-state index contributed by atoms with van der Waals surface area (Å²) in [5.41, 5.74) is 3.75. The normalized spacial score (nSPS) is 11.6. The number of nitrogens with zero attached hydrogens (tertiary/aromatic N) is 3. The van der Waals surface area contributed by atoms with E-state index < -0.39 is 6.11 Å². The Bertz CT molecular complexity index is 1140. The standard InChI is InChI=1S/C21H17F2N3O3/c1-13-18(25-10-9-24-13)12-27-20-17-11-15(5-8-19(17)29-26-20)14-3-6-16(7-4-14)28-21(2,22)23/h3-11H,12H2,1-2H3. The molecule has 0 fully saturated rings. The Morgan fingerprint density at radius 3 is 2.45 bits per heavy atom. The number of fused-ring (bicyclic) bond motifs is 1. The van der Waals surface area contributed by atoms with Crippen molar-refractivity contribution in [2.24, 2.45) is 0 Å². The molecule has 0 spiro atoms. The van der Waals surface area contributed by atoms with Crippen molar-refractivity contribution >= 4 is 11.0 Å². The van der Waals surface area contributed by atoms with Gasteiger partial charge in [-0.2, -0.15) is 8.78 Å². The number of aromatic nitrogens is 3. The van der Waals surface area contributed by atoms with Gasteiger partial charge in [-0.3, -0.25) is 9.97 Å². The van der Waals surface area contributed by atoms with Crippen LogP contribution >= 0.6 is 0 Å². The van der Waals surface area contributed by atoms with Crippen molar-refractivity contribution < 1.29 is 22.8 Å². The molecular weight excluding hydrogens is 380 g/mol. The monoisotopic (exact) mass is 397 g/mol. The Balaban J connectivity index is 1.57. The van der Waals surface area contributed by atoms with E-state index in [1.807, 2.05) is 19.1 Å². The van der Waals surface area contributed by atoms with Crippen LogP contribution in [-0.4, -0.2) is 21.2 Å². The quantitative estimate of drug-likeness (QED) is 0.447. The second-order valence-corrected chi connectivity index (χ2v) is 6.51. The number of hydrogen-bond donors (Lipinski definition) is 0. The van der Waals surface area contributed by atoms with Gasteiger partial charge in [0.1, 0.15) is 12.4 Å². The molecule has 8 heteroatoms. The summed E-state index contributed by atoms with van der Waals surface area (Å²) in [4.78, 5) is 8.43. The SMILES string of the molecule is Cc1nccnc1COc1noc2ccc(-c3ccc(OC(C)(F)F)cc3)cc12. The molecule has 0 bridgehead atoms. The maximum Gasteiger partial charge on any atom is 0.394 e. The van der Waals surface area contributed by atoms with E-state index >= 15 is 0 Å². The predicted octanol–water partition coefficient (Wildman–Crippen LogP) is 5.16. The maximum atomic E-state index is 13.0. The molecule has 0 radical (unpaired) electrons. The van der Waals surface area contributed by atoms with Crippen molar-refractivity contribution in [3.05, 3.63) is 66.2 Å². The first-order valence-electron chi connectivity index (χ1n) is 8.85. The average Bonchev–Trinajstić information content (AvgIpc) is 3.09. The number of ether oxygens (including phenoxy) is 2. The zero-order chi connectivity index (χ0) is 20.4. The van der Waals surface area contributed by atoms with Gasteiger partial charge >= 0.3 is 6.11 Å². The molecule has 0 N–H and O–H groups in total. The van der Waals surface area contributed by atoms with Crippen LogP contribution in [0.5, 0.6) is 11.6 Å². The molecule has 4 aromatic rings. The van der Waals surface area contributed by atoms with Gasteiger partial charge in [-0.05, 0) is 47.5 Å². The minimum atomic E-state index is -3.23. The Labute approximate surface area is 165 Å². The highest BCUT2D eigenvalue weighted by molar-refractivity contribution is 5.87. The van der Waals surface area contributed by atoms with Crippen molar-refractivity contribution in [1.29, 1.82) is 0 Å². The minimum absolute atomic E-state index is 0.0932. The van der Waals surface area contributed by atoms with Gasteiger partial charge in [0, 0.05) is 19.3 Å². The number of aryl methyl sites for hydroxylation is 1. The molecule has 29 heavy (non-hydrogen) atoms. The van der Waals surface area contributed by atoms with Gasteiger partial charge in [-0.25, -0.2) is 0 Å². The van der Waals surface area contributed by atoms with Gasteiger partial charge < -0.3 is 14.0 Å². The zero-order valence-corrected chi connectivity index (χ0v) is 15.7. The van der Waals surface area contributed by atoms with E-state index in [1.165, 1.54) is 12.1 Å². The second kappa shape index (κ2) is 7.46. The highest BCUT2D eigenvalue weighted by Gasteiger charge is 2.23. The first-order valence-corrected chi connectivity index (χ1v) is 8.85. The molecule has 2 aromatic heterocycles. The molecule has 6 nitrogen and oxygen atoms in total. The van der Waals surface area contributed by atoms with Crippen LogP contribution in [0, 0.1) is 6.92 Å². The van der Waals surface area contributed by atoms with Gasteiger partial charge in [0.05, 0.1) is 16.8 Å². The molecule has 0 amide bonds. The number of rotatable bonds is 6. The summed E-state index contributed by atoms with van der Waals surface area (Å²) >= 11 is 0. The Morgan fingerprint density at radius 2 is 1.72 bits per heavy atom. The molecule has 0 aliphatic carbocycles. The van der Waals surface area contributed by atoms with Crippen LogP contribution in [0.3, 0.4) is 0 Å². The molecular formula is C21H17F2N3O3. The lowest BCUT2D eigenvalue weighted by Gasteiger charge is -2.13. The van der Waals surface area contributed by atoms with Crippen LogP contribution in [0.2, 0.25) is 0 Å². The molecule has 2 heterocycles. The molecule has 4 rings (SSSR count). The van der Waals surface area contributed by atoms with Crippen LogP contribution in [-0.2, 0) is 6.61 Å². The smallest absolute Gasteiger partial charge is 0.394 e. The van der Waals surface area contributed by atoms with E-state index in [0.29, 0.717) is 29.5 Å². The Kier molecular flexibility index (Phi) is 4.84. The van der Waals surface area contributed by atoms with E-state index in [0.717, 1.165) is 16.8 Å². The van der Waals surface area contributed by atoms with Gasteiger partial charge in [-0.1, -0.05) is 18.2 Å². The summed E-state index contributed by atoms with van der Waals surface area (Å²) in [7, 11) is 0. The third-order valence-electron chi connectivity index (χ3n) is 4.25. The molecule has 0 atom stereocenters. The van der Waals surface area contributed by atoms with E-state index in [9.17, 15) is 8.78 Å². The first kappa shape index (κ1) is 18.8. The van der Waals surface area contributed by atoms with Crippen molar-refractivity contribution in [3.8, 4) is 22.8 Å². The van der Waals surface area contributed by atoms with E-state index in [2.05, 4.69) is 19.9 Å². The van der Waals surface area contributed by atoms with Crippen molar-refractivity contribution in [2.45, 2.75) is 26.6 Å².